The Morgan fingerprint density at radius 3 is 1.47 bits per heavy atom. The summed E-state index contributed by atoms with van der Waals surface area (Å²) in [6.07, 6.45) is 0.715. The van der Waals surface area contributed by atoms with Crippen LogP contribution in [0.15, 0.2) is 48.5 Å². The fourth-order valence-electron chi connectivity index (χ4n) is 4.68. The van der Waals surface area contributed by atoms with Crippen LogP contribution in [0.25, 0.3) is 11.1 Å². The molecule has 0 aliphatic rings. The summed E-state index contributed by atoms with van der Waals surface area (Å²) >= 11 is 0. The summed E-state index contributed by atoms with van der Waals surface area (Å²) in [6.45, 7) is 21.6. The van der Waals surface area contributed by atoms with E-state index in [9.17, 15) is 8.42 Å². The minimum atomic E-state index is -3.67. The second-order valence-corrected chi connectivity index (χ2v) is 17.4. The van der Waals surface area contributed by atoms with Crippen molar-refractivity contribution in [2.75, 3.05) is 12.0 Å². The molecule has 0 radical (unpaired) electrons. The van der Waals surface area contributed by atoms with Gasteiger partial charge in [-0.1, -0.05) is 23.8 Å². The third-order valence-corrected chi connectivity index (χ3v) is 8.71. The molecule has 0 heterocycles. The average molecular weight is 574 g/mol. The standard InChI is InChI=1S/C12H10N.C12H27P.CH4O3S.Pd/c13-12-9-5-4-8-11(12)10-6-2-1-3-7-10;1-10(2,3)13(11(4,5)6)12(7,8)9;1-5(2,3)4;/h1-6,8-9H,13H2;1-9H3;1H3,(H,2,3,4);/q-1;;;/p+1. The zero-order valence-corrected chi connectivity index (χ0v) is 24.6. The number of nitrogens with two attached hydrogens (primary N) is 1. The van der Waals surface area contributed by atoms with Crippen LogP contribution in [0.5, 0.6) is 0 Å². The molecule has 2 aromatic carbocycles. The molecule has 0 saturated carbocycles. The first-order valence-electron chi connectivity index (χ1n) is 10.4. The molecular formula is C25H42NO3PPdS. The van der Waals surface area contributed by atoms with Crippen molar-refractivity contribution < 1.29 is 33.4 Å². The van der Waals surface area contributed by atoms with Crippen LogP contribution in [0.1, 0.15) is 62.3 Å². The molecule has 0 bridgehead atoms. The summed E-state index contributed by atoms with van der Waals surface area (Å²) in [6, 6.07) is 18.8. The maximum Gasteiger partial charge on any atom is 0.261 e. The van der Waals surface area contributed by atoms with Crippen LogP contribution in [0, 0.1) is 6.07 Å². The van der Waals surface area contributed by atoms with E-state index in [1.807, 2.05) is 48.5 Å². The van der Waals surface area contributed by atoms with E-state index in [-0.39, 0.29) is 20.4 Å². The Morgan fingerprint density at radius 2 is 1.19 bits per heavy atom. The van der Waals surface area contributed by atoms with Gasteiger partial charge in [0.05, 0.1) is 21.7 Å². The summed E-state index contributed by atoms with van der Waals surface area (Å²) in [5.41, 5.74) is 8.72. The van der Waals surface area contributed by atoms with Gasteiger partial charge in [0.1, 0.15) is 0 Å². The Kier molecular flexibility index (Phi) is 13.8. The third-order valence-electron chi connectivity index (χ3n) is 4.21. The monoisotopic (exact) mass is 573 g/mol. The van der Waals surface area contributed by atoms with Crippen molar-refractivity contribution in [1.82, 2.24) is 0 Å². The van der Waals surface area contributed by atoms with Crippen molar-refractivity contribution in [3.8, 4) is 11.1 Å². The third kappa shape index (κ3) is 14.4. The van der Waals surface area contributed by atoms with Crippen LogP contribution in [-0.4, -0.2) is 34.7 Å². The normalized spacial score (nSPS) is 12.0. The van der Waals surface area contributed by atoms with Gasteiger partial charge in [-0.2, -0.15) is 8.42 Å². The van der Waals surface area contributed by atoms with Gasteiger partial charge < -0.3 is 5.73 Å². The maximum atomic E-state index is 9.19. The average Bonchev–Trinajstić information content (AvgIpc) is 2.50. The fraction of sp³-hybridized carbons (Fsp3) is 0.520. The molecule has 0 unspecified atom stereocenters. The molecule has 0 atom stereocenters. The molecule has 2 aromatic rings. The summed E-state index contributed by atoms with van der Waals surface area (Å²) < 4.78 is 25.9. The van der Waals surface area contributed by atoms with Crippen molar-refractivity contribution in [1.29, 1.82) is 0 Å². The smallest absolute Gasteiger partial charge is 0.261 e. The molecule has 4 nitrogen and oxygen atoms in total. The number of nitrogen functional groups attached to an aromatic ring is 1. The number of benzene rings is 2. The zero-order chi connectivity index (χ0) is 24.7. The Hall–Kier alpha value is -0.758. The van der Waals surface area contributed by atoms with E-state index in [4.69, 9.17) is 10.3 Å². The molecule has 32 heavy (non-hydrogen) atoms. The van der Waals surface area contributed by atoms with Crippen LogP contribution < -0.4 is 5.73 Å². The van der Waals surface area contributed by atoms with E-state index in [0.29, 0.717) is 21.7 Å². The fourth-order valence-corrected chi connectivity index (χ4v) is 11.4. The van der Waals surface area contributed by atoms with Crippen molar-refractivity contribution in [3.05, 3.63) is 54.6 Å². The number of hydrogen-bond donors (Lipinski definition) is 2. The van der Waals surface area contributed by atoms with Crippen LogP contribution in [0.4, 0.5) is 5.69 Å². The first kappa shape index (κ1) is 33.4. The molecule has 0 aromatic heterocycles. The van der Waals surface area contributed by atoms with Crippen LogP contribution in [0.3, 0.4) is 0 Å². The minimum absolute atomic E-state index is 0. The molecule has 0 aliphatic carbocycles. The molecule has 0 fully saturated rings. The van der Waals surface area contributed by atoms with E-state index in [1.165, 1.54) is 0 Å². The molecule has 0 aliphatic heterocycles. The van der Waals surface area contributed by atoms with E-state index in [0.717, 1.165) is 16.8 Å². The van der Waals surface area contributed by atoms with Gasteiger partial charge in [-0.05, 0) is 74.1 Å². The quantitative estimate of drug-likeness (QED) is 0.129. The van der Waals surface area contributed by atoms with Gasteiger partial charge in [0.2, 0.25) is 0 Å². The summed E-state index contributed by atoms with van der Waals surface area (Å²) in [5.74, 6) is 0. The number of anilines is 1. The number of hydrogen-bond acceptors (Lipinski definition) is 3. The Morgan fingerprint density at radius 1 is 0.812 bits per heavy atom. The van der Waals surface area contributed by atoms with Gasteiger partial charge in [-0.15, -0.1) is 35.9 Å². The topological polar surface area (TPSA) is 80.4 Å². The summed E-state index contributed by atoms with van der Waals surface area (Å²) in [7, 11) is -4.06. The van der Waals surface area contributed by atoms with E-state index >= 15 is 0 Å². The second-order valence-electron chi connectivity index (χ2n) is 10.7. The molecular weight excluding hydrogens is 532 g/mol. The van der Waals surface area contributed by atoms with Gasteiger partial charge in [-0.3, -0.25) is 4.55 Å². The Balaban J connectivity index is 0. The van der Waals surface area contributed by atoms with Crippen molar-refractivity contribution >= 4 is 23.7 Å². The predicted octanol–water partition coefficient (Wildman–Crippen LogP) is 6.83. The SMILES string of the molecule is CC(C)(C)[PH+](C(C)(C)C)C(C)(C)C.CS(=O)(=O)O.Nc1ccccc1-c1[c-]cccc1.[Pd]. The van der Waals surface area contributed by atoms with Crippen molar-refractivity contribution in [3.63, 3.8) is 0 Å². The van der Waals surface area contributed by atoms with Gasteiger partial charge in [0.25, 0.3) is 10.1 Å². The first-order valence-corrected chi connectivity index (χ1v) is 13.7. The molecule has 3 N–H and O–H groups in total. The van der Waals surface area contributed by atoms with Crippen LogP contribution in [0.2, 0.25) is 0 Å². The summed E-state index contributed by atoms with van der Waals surface area (Å²) in [4.78, 5) is 0. The zero-order valence-electron chi connectivity index (χ0n) is 21.2. The van der Waals surface area contributed by atoms with Gasteiger partial charge in [-0.25, -0.2) is 0 Å². The van der Waals surface area contributed by atoms with Gasteiger partial charge in [0, 0.05) is 28.3 Å². The second kappa shape index (κ2) is 13.2. The predicted molar refractivity (Wildman–Crippen MR) is 140 cm³/mol. The van der Waals surface area contributed by atoms with Gasteiger partial charge in [0.15, 0.2) is 0 Å². The molecule has 7 heteroatoms. The number of rotatable bonds is 1. The van der Waals surface area contributed by atoms with Crippen molar-refractivity contribution in [2.24, 2.45) is 0 Å². The van der Waals surface area contributed by atoms with Gasteiger partial charge >= 0.3 is 0 Å². The largest absolute Gasteiger partial charge is 0.406 e. The molecule has 0 saturated heterocycles. The molecule has 186 valence electrons. The van der Waals surface area contributed by atoms with E-state index in [1.54, 1.807) is 0 Å². The Labute approximate surface area is 211 Å². The van der Waals surface area contributed by atoms with Crippen molar-refractivity contribution in [2.45, 2.75) is 77.8 Å². The summed E-state index contributed by atoms with van der Waals surface area (Å²) in [5, 5.41) is 1.46. The minimum Gasteiger partial charge on any atom is -0.406 e. The van der Waals surface area contributed by atoms with Crippen LogP contribution >= 0.6 is 7.92 Å². The number of para-hydroxylation sites is 1. The molecule has 0 amide bonds. The first-order chi connectivity index (χ1) is 13.7. The molecule has 0 spiro atoms. The van der Waals surface area contributed by atoms with Crippen LogP contribution in [-0.2, 0) is 30.5 Å². The Bertz CT molecular complexity index is 856. The van der Waals surface area contributed by atoms with E-state index < -0.39 is 18.0 Å². The molecule has 2 rings (SSSR count). The maximum absolute atomic E-state index is 9.19. The van der Waals surface area contributed by atoms with E-state index in [2.05, 4.69) is 68.4 Å².